The standard InChI is InChI=1S/C78H152O17P2/c1-9-70(7)56-48-40-32-26-22-23-29-35-45-53-61-78(83)95-74(65-89-76(81)59-51-43-37-36-41-49-57-71(8)10-2)67-93-97(86,87)91-63-72(79)62-90-96(84,85)92-66-73(64-88-75(80)58-50-42-33-27-20-17-16-19-25-31-39-47-55-69(5)6)94-77(82)60-52-44-34-28-21-15-13-11-12-14-18-24-30-38-46-54-68(3)4/h68-74,79H,9-67H2,1-8H3,(H,84,85)(H,86,87)/t70?,71?,72-,73-,74-/m1/s1. The van der Waals surface area contributed by atoms with Gasteiger partial charge in [-0.05, 0) is 49.4 Å². The van der Waals surface area contributed by atoms with Crippen LogP contribution < -0.4 is 0 Å². The lowest BCUT2D eigenvalue weighted by Crippen LogP contribution is -2.30. The van der Waals surface area contributed by atoms with Crippen LogP contribution in [-0.4, -0.2) is 96.7 Å². The summed E-state index contributed by atoms with van der Waals surface area (Å²) in [4.78, 5) is 72.9. The number of carbonyl (C=O) groups excluding carboxylic acids is 4. The summed E-state index contributed by atoms with van der Waals surface area (Å²) in [6, 6.07) is 0. The van der Waals surface area contributed by atoms with Crippen molar-refractivity contribution in [3.05, 3.63) is 0 Å². The Morgan fingerprint density at radius 1 is 0.289 bits per heavy atom. The van der Waals surface area contributed by atoms with Gasteiger partial charge in [-0.3, -0.25) is 37.3 Å². The van der Waals surface area contributed by atoms with Crippen LogP contribution in [0.3, 0.4) is 0 Å². The number of carbonyl (C=O) groups is 4. The largest absolute Gasteiger partial charge is 0.472 e. The molecule has 0 spiro atoms. The van der Waals surface area contributed by atoms with Gasteiger partial charge in [0.15, 0.2) is 12.2 Å². The monoisotopic (exact) mass is 1420 g/mol. The maximum atomic E-state index is 13.1. The number of phosphoric ester groups is 2. The third-order valence-corrected chi connectivity index (χ3v) is 20.7. The zero-order chi connectivity index (χ0) is 71.7. The van der Waals surface area contributed by atoms with Crippen LogP contribution in [0.15, 0.2) is 0 Å². The summed E-state index contributed by atoms with van der Waals surface area (Å²) < 4.78 is 68.6. The number of aliphatic hydroxyl groups excluding tert-OH is 1. The lowest BCUT2D eigenvalue weighted by molar-refractivity contribution is -0.161. The van der Waals surface area contributed by atoms with Crippen molar-refractivity contribution in [1.82, 2.24) is 0 Å². The summed E-state index contributed by atoms with van der Waals surface area (Å²) in [6.07, 6.45) is 52.6. The van der Waals surface area contributed by atoms with E-state index in [1.807, 2.05) is 0 Å². The number of aliphatic hydroxyl groups is 1. The summed E-state index contributed by atoms with van der Waals surface area (Å²) in [5.74, 6) is 1.000. The quantitative estimate of drug-likeness (QED) is 0.0222. The van der Waals surface area contributed by atoms with Gasteiger partial charge >= 0.3 is 39.5 Å². The smallest absolute Gasteiger partial charge is 0.462 e. The normalized spacial score (nSPS) is 14.6. The molecule has 0 aliphatic rings. The minimum Gasteiger partial charge on any atom is -0.462 e. The fourth-order valence-corrected chi connectivity index (χ4v) is 13.4. The highest BCUT2D eigenvalue weighted by atomic mass is 31.2. The first kappa shape index (κ1) is 95.1. The summed E-state index contributed by atoms with van der Waals surface area (Å²) in [6.45, 7) is 14.2. The molecule has 0 aromatic rings. The summed E-state index contributed by atoms with van der Waals surface area (Å²) >= 11 is 0. The molecule has 3 N–H and O–H groups in total. The zero-order valence-electron chi connectivity index (χ0n) is 63.7. The predicted octanol–water partition coefficient (Wildman–Crippen LogP) is 22.8. The van der Waals surface area contributed by atoms with Crippen molar-refractivity contribution in [3.8, 4) is 0 Å². The molecule has 19 heteroatoms. The first-order valence-corrected chi connectivity index (χ1v) is 43.3. The van der Waals surface area contributed by atoms with Crippen LogP contribution >= 0.6 is 15.6 Å². The molecule has 0 amide bonds. The highest BCUT2D eigenvalue weighted by Gasteiger charge is 2.30. The molecule has 0 aromatic heterocycles. The van der Waals surface area contributed by atoms with E-state index in [2.05, 4.69) is 55.4 Å². The van der Waals surface area contributed by atoms with Gasteiger partial charge < -0.3 is 33.8 Å². The lowest BCUT2D eigenvalue weighted by Gasteiger charge is -2.21. The lowest BCUT2D eigenvalue weighted by atomic mass is 9.99. The Kier molecular flexibility index (Phi) is 65.9. The van der Waals surface area contributed by atoms with Crippen molar-refractivity contribution in [2.24, 2.45) is 23.7 Å². The molecule has 0 aliphatic carbocycles. The second kappa shape index (κ2) is 67.2. The van der Waals surface area contributed by atoms with E-state index in [1.54, 1.807) is 0 Å². The van der Waals surface area contributed by atoms with Gasteiger partial charge in [0, 0.05) is 25.7 Å². The molecule has 576 valence electrons. The first-order chi connectivity index (χ1) is 46.7. The third kappa shape index (κ3) is 69.5. The fourth-order valence-electron chi connectivity index (χ4n) is 11.8. The summed E-state index contributed by atoms with van der Waals surface area (Å²) in [5.41, 5.74) is 0. The van der Waals surface area contributed by atoms with Gasteiger partial charge in [0.1, 0.15) is 19.3 Å². The van der Waals surface area contributed by atoms with E-state index in [-0.39, 0.29) is 25.7 Å². The third-order valence-electron chi connectivity index (χ3n) is 18.8. The predicted molar refractivity (Wildman–Crippen MR) is 395 cm³/mol. The Labute approximate surface area is 594 Å². The summed E-state index contributed by atoms with van der Waals surface area (Å²) in [5, 5.41) is 10.6. The number of hydrogen-bond acceptors (Lipinski definition) is 15. The van der Waals surface area contributed by atoms with Gasteiger partial charge in [0.25, 0.3) is 0 Å². The van der Waals surface area contributed by atoms with Gasteiger partial charge in [0.2, 0.25) is 0 Å². The number of rotatable bonds is 75. The van der Waals surface area contributed by atoms with E-state index in [9.17, 15) is 43.2 Å². The van der Waals surface area contributed by atoms with Crippen LogP contribution in [-0.2, 0) is 65.4 Å². The molecular formula is C78H152O17P2. The Morgan fingerprint density at radius 2 is 0.495 bits per heavy atom. The highest BCUT2D eigenvalue weighted by Crippen LogP contribution is 2.45. The van der Waals surface area contributed by atoms with Crippen LogP contribution in [0, 0.1) is 23.7 Å². The van der Waals surface area contributed by atoms with Gasteiger partial charge in [-0.15, -0.1) is 0 Å². The van der Waals surface area contributed by atoms with Crippen molar-refractivity contribution in [2.75, 3.05) is 39.6 Å². The van der Waals surface area contributed by atoms with Gasteiger partial charge in [-0.2, -0.15) is 0 Å². The van der Waals surface area contributed by atoms with Crippen molar-refractivity contribution < 1.29 is 80.2 Å². The maximum absolute atomic E-state index is 13.1. The minimum atomic E-state index is -4.96. The molecule has 7 atom stereocenters. The topological polar surface area (TPSA) is 237 Å². The molecule has 0 aliphatic heterocycles. The molecule has 97 heavy (non-hydrogen) atoms. The van der Waals surface area contributed by atoms with E-state index >= 15 is 0 Å². The molecular weight excluding hydrogens is 1270 g/mol. The molecule has 0 rings (SSSR count). The molecule has 0 aromatic carbocycles. The van der Waals surface area contributed by atoms with Crippen LogP contribution in [0.4, 0.5) is 0 Å². The second-order valence-corrected chi connectivity index (χ2v) is 32.4. The van der Waals surface area contributed by atoms with E-state index in [0.717, 1.165) is 120 Å². The average Bonchev–Trinajstić information content (AvgIpc) is 1.33. The molecule has 0 saturated carbocycles. The van der Waals surface area contributed by atoms with Crippen LogP contribution in [0.2, 0.25) is 0 Å². The van der Waals surface area contributed by atoms with Crippen molar-refractivity contribution >= 4 is 39.5 Å². The zero-order valence-corrected chi connectivity index (χ0v) is 65.5. The molecule has 0 heterocycles. The highest BCUT2D eigenvalue weighted by molar-refractivity contribution is 7.47. The number of ether oxygens (including phenoxy) is 4. The number of esters is 4. The van der Waals surface area contributed by atoms with E-state index in [0.29, 0.717) is 25.7 Å². The number of unbranched alkanes of at least 4 members (excludes halogenated alkanes) is 39. The Hall–Kier alpha value is -1.94. The molecule has 4 unspecified atom stereocenters. The number of hydrogen-bond donors (Lipinski definition) is 3. The Morgan fingerprint density at radius 3 is 0.732 bits per heavy atom. The Bertz CT molecular complexity index is 1910. The minimum absolute atomic E-state index is 0.105. The van der Waals surface area contributed by atoms with Crippen LogP contribution in [0.1, 0.15) is 396 Å². The average molecular weight is 1420 g/mol. The number of phosphoric acid groups is 2. The van der Waals surface area contributed by atoms with Crippen molar-refractivity contribution in [3.63, 3.8) is 0 Å². The van der Waals surface area contributed by atoms with E-state index < -0.39 is 97.5 Å². The second-order valence-electron chi connectivity index (χ2n) is 29.5. The van der Waals surface area contributed by atoms with Crippen LogP contribution in [0.5, 0.6) is 0 Å². The van der Waals surface area contributed by atoms with Crippen molar-refractivity contribution in [2.45, 2.75) is 414 Å². The Balaban J connectivity index is 5.26. The van der Waals surface area contributed by atoms with Gasteiger partial charge in [-0.1, -0.05) is 344 Å². The van der Waals surface area contributed by atoms with Gasteiger partial charge in [-0.25, -0.2) is 9.13 Å². The molecule has 0 radical (unpaired) electrons. The maximum Gasteiger partial charge on any atom is 0.472 e. The molecule has 0 fully saturated rings. The first-order valence-electron chi connectivity index (χ1n) is 40.3. The van der Waals surface area contributed by atoms with E-state index in [1.165, 1.54) is 193 Å². The van der Waals surface area contributed by atoms with E-state index in [4.69, 9.17) is 37.0 Å². The van der Waals surface area contributed by atoms with Crippen LogP contribution in [0.25, 0.3) is 0 Å². The molecule has 17 nitrogen and oxygen atoms in total. The fraction of sp³-hybridized carbons (Fsp3) is 0.949. The summed E-state index contributed by atoms with van der Waals surface area (Å²) in [7, 11) is -9.92. The SMILES string of the molecule is CCC(C)CCCCCCCCCCCCC(=O)O[C@H](COC(=O)CCCCCCCCC(C)CC)COP(=O)(O)OC[C@H](O)COP(=O)(O)OC[C@@H](COC(=O)CCCCCCCCCCCCCCC(C)C)OC(=O)CCCCCCCCCCCCCCCCCC(C)C. The molecule has 0 bridgehead atoms. The van der Waals surface area contributed by atoms with Crippen molar-refractivity contribution in [1.29, 1.82) is 0 Å². The molecule has 0 saturated heterocycles. The van der Waals surface area contributed by atoms with Gasteiger partial charge in [0.05, 0.1) is 26.4 Å².